The fourth-order valence-electron chi connectivity index (χ4n) is 8.77. The highest BCUT2D eigenvalue weighted by Crippen LogP contribution is 2.45. The summed E-state index contributed by atoms with van der Waals surface area (Å²) in [6, 6.07) is 57.6. The van der Waals surface area contributed by atoms with E-state index < -0.39 is 5.89 Å². The molecule has 0 unspecified atom stereocenters. The van der Waals surface area contributed by atoms with Gasteiger partial charge in [-0.15, -0.1) is 0 Å². The molecule has 0 bridgehead atoms. The summed E-state index contributed by atoms with van der Waals surface area (Å²) >= 11 is 0. The number of phenolic OH excluding ortho intramolecular Hbond substituents is 1. The minimum Gasteiger partial charge on any atom is -0.507 e. The van der Waals surface area contributed by atoms with Gasteiger partial charge in [0, 0.05) is 29.9 Å². The van der Waals surface area contributed by atoms with Crippen molar-refractivity contribution in [2.24, 2.45) is 0 Å². The van der Waals surface area contributed by atoms with Gasteiger partial charge in [0.05, 0.1) is 22.3 Å². The first-order chi connectivity index (χ1) is 30.9. The van der Waals surface area contributed by atoms with E-state index in [4.69, 9.17) is 11.3 Å². The highest BCUT2D eigenvalue weighted by Gasteiger charge is 2.29. The molecule has 9 aromatic rings. The number of fused-ring (bicyclic) bond motifs is 1. The molecule has 9 rings (SSSR count). The molecule has 7 aromatic carbocycles. The quantitative estimate of drug-likeness (QED) is 0.166. The normalized spacial score (nSPS) is 12.4. The number of phenols is 1. The summed E-state index contributed by atoms with van der Waals surface area (Å²) < 4.78 is 10.8. The Hall–Kier alpha value is -7.04. The molecule has 0 radical (unpaired) electrons. The summed E-state index contributed by atoms with van der Waals surface area (Å²) in [5.41, 5.74) is 17.4. The Bertz CT molecular complexity index is 3200. The Morgan fingerprint density at radius 2 is 1.17 bits per heavy atom. The average molecular weight is 837 g/mol. The number of rotatable bonds is 8. The molecule has 4 heteroatoms. The van der Waals surface area contributed by atoms with Gasteiger partial charge in [0.25, 0.3) is 0 Å². The Kier molecular flexibility index (Phi) is 10.6. The Morgan fingerprint density at radius 1 is 0.547 bits per heavy atom. The van der Waals surface area contributed by atoms with E-state index in [-0.39, 0.29) is 16.6 Å². The average Bonchev–Trinajstić information content (AvgIpc) is 3.68. The van der Waals surface area contributed by atoms with Gasteiger partial charge in [-0.05, 0) is 134 Å². The number of hydrogen-bond acceptors (Lipinski definition) is 3. The molecular formula is C60H57N3O. The molecular weight excluding hydrogens is 779 g/mol. The van der Waals surface area contributed by atoms with Crippen molar-refractivity contribution in [3.63, 3.8) is 0 Å². The number of aromatic hydroxyl groups is 1. The molecule has 4 nitrogen and oxygen atoms in total. The van der Waals surface area contributed by atoms with E-state index in [0.29, 0.717) is 11.4 Å². The van der Waals surface area contributed by atoms with Crippen LogP contribution in [-0.2, 0) is 10.8 Å². The van der Waals surface area contributed by atoms with Gasteiger partial charge in [-0.25, -0.2) is 4.98 Å². The van der Waals surface area contributed by atoms with Crippen LogP contribution in [-0.4, -0.2) is 19.6 Å². The number of imidazole rings is 1. The van der Waals surface area contributed by atoms with E-state index in [1.807, 2.05) is 50.4 Å². The van der Waals surface area contributed by atoms with E-state index in [9.17, 15) is 5.11 Å². The summed E-state index contributed by atoms with van der Waals surface area (Å²) in [7, 11) is 0. The molecule has 0 saturated heterocycles. The number of pyridine rings is 1. The lowest BCUT2D eigenvalue weighted by Crippen LogP contribution is -2.17. The second kappa shape index (κ2) is 16.6. The predicted molar refractivity (Wildman–Crippen MR) is 269 cm³/mol. The summed E-state index contributed by atoms with van der Waals surface area (Å²) in [4.78, 5) is 10.6. The van der Waals surface area contributed by atoms with Gasteiger partial charge in [-0.2, -0.15) is 0 Å². The first-order valence-electron chi connectivity index (χ1n) is 22.8. The SMILES string of the molecule is [2H]C(C)(C)c1ccc(-c2ccnc(-c3cc(-c4ccccc4)cc(-c4cccc5c4nc(-c4cc(C(C)(C)C)cc(C(C)(C)C)c4O)n5-c4cc(C)cc(-c5ccccc5)c4)c3)c2)cc1. The second-order valence-corrected chi connectivity index (χ2v) is 19.5. The van der Waals surface area contributed by atoms with Crippen molar-refractivity contribution in [2.75, 3.05) is 0 Å². The predicted octanol–water partition coefficient (Wildman–Crippen LogP) is 16.2. The third-order valence-corrected chi connectivity index (χ3v) is 12.3. The number of hydrogen-bond donors (Lipinski definition) is 1. The van der Waals surface area contributed by atoms with Crippen LogP contribution >= 0.6 is 0 Å². The Balaban J connectivity index is 1.30. The zero-order valence-corrected chi connectivity index (χ0v) is 38.5. The number of benzene rings is 7. The van der Waals surface area contributed by atoms with E-state index in [1.54, 1.807) is 0 Å². The summed E-state index contributed by atoms with van der Waals surface area (Å²) in [5, 5.41) is 12.4. The highest BCUT2D eigenvalue weighted by atomic mass is 16.3. The molecule has 0 fully saturated rings. The lowest BCUT2D eigenvalue weighted by Gasteiger charge is -2.27. The summed E-state index contributed by atoms with van der Waals surface area (Å²) in [6.45, 7) is 19.1. The zero-order chi connectivity index (χ0) is 45.8. The number of aryl methyl sites for hydroxylation is 1. The van der Waals surface area contributed by atoms with Crippen molar-refractivity contribution in [2.45, 2.75) is 79.0 Å². The van der Waals surface area contributed by atoms with Crippen LogP contribution in [0.2, 0.25) is 0 Å². The molecule has 0 saturated carbocycles. The van der Waals surface area contributed by atoms with Crippen molar-refractivity contribution in [3.05, 3.63) is 192 Å². The maximum Gasteiger partial charge on any atom is 0.149 e. The van der Waals surface area contributed by atoms with Crippen molar-refractivity contribution in [3.8, 4) is 78.6 Å². The smallest absolute Gasteiger partial charge is 0.149 e. The van der Waals surface area contributed by atoms with Crippen LogP contribution in [0.3, 0.4) is 0 Å². The monoisotopic (exact) mass is 836 g/mol. The van der Waals surface area contributed by atoms with Crippen LogP contribution in [0.25, 0.3) is 83.9 Å². The lowest BCUT2D eigenvalue weighted by atomic mass is 9.79. The molecule has 2 aromatic heterocycles. The summed E-state index contributed by atoms with van der Waals surface area (Å²) in [5.74, 6) is 0.254. The maximum atomic E-state index is 12.4. The maximum absolute atomic E-state index is 12.4. The molecule has 0 aliphatic rings. The van der Waals surface area contributed by atoms with Gasteiger partial charge in [0.1, 0.15) is 11.6 Å². The van der Waals surface area contributed by atoms with Gasteiger partial charge in [0.15, 0.2) is 0 Å². The molecule has 0 aliphatic carbocycles. The highest BCUT2D eigenvalue weighted by molar-refractivity contribution is 5.98. The van der Waals surface area contributed by atoms with Crippen molar-refractivity contribution in [1.29, 1.82) is 0 Å². The van der Waals surface area contributed by atoms with Crippen LogP contribution in [0.4, 0.5) is 0 Å². The third kappa shape index (κ3) is 8.29. The minimum absolute atomic E-state index is 0.184. The fourth-order valence-corrected chi connectivity index (χ4v) is 8.77. The van der Waals surface area contributed by atoms with E-state index in [1.165, 1.54) is 0 Å². The largest absolute Gasteiger partial charge is 0.507 e. The second-order valence-electron chi connectivity index (χ2n) is 19.5. The Labute approximate surface area is 380 Å². The van der Waals surface area contributed by atoms with E-state index >= 15 is 0 Å². The topological polar surface area (TPSA) is 50.9 Å². The molecule has 0 spiro atoms. The lowest BCUT2D eigenvalue weighted by molar-refractivity contribution is 0.446. The van der Waals surface area contributed by atoms with Crippen LogP contribution in [0, 0.1) is 6.92 Å². The van der Waals surface area contributed by atoms with Crippen LogP contribution < -0.4 is 0 Å². The minimum atomic E-state index is -0.674. The molecule has 0 aliphatic heterocycles. The first-order valence-corrected chi connectivity index (χ1v) is 22.3. The molecule has 1 N–H and O–H groups in total. The van der Waals surface area contributed by atoms with Crippen LogP contribution in [0.15, 0.2) is 170 Å². The van der Waals surface area contributed by atoms with Gasteiger partial charge in [-0.3, -0.25) is 9.55 Å². The van der Waals surface area contributed by atoms with E-state index in [2.05, 4.69) is 186 Å². The van der Waals surface area contributed by atoms with Crippen molar-refractivity contribution < 1.29 is 6.48 Å². The molecule has 64 heavy (non-hydrogen) atoms. The number of nitrogens with zero attached hydrogens (tertiary/aromatic N) is 3. The number of aromatic nitrogens is 3. The molecule has 2 heterocycles. The van der Waals surface area contributed by atoms with Gasteiger partial charge < -0.3 is 5.11 Å². The number of para-hydroxylation sites is 1. The van der Waals surface area contributed by atoms with Gasteiger partial charge >= 0.3 is 0 Å². The zero-order valence-electron chi connectivity index (χ0n) is 39.5. The molecule has 0 amide bonds. The van der Waals surface area contributed by atoms with Crippen molar-refractivity contribution >= 4 is 11.0 Å². The fraction of sp³-hybridized carbons (Fsp3) is 0.200. The van der Waals surface area contributed by atoms with Crippen LogP contribution in [0.1, 0.15) is 84.9 Å². The van der Waals surface area contributed by atoms with E-state index in [0.717, 1.165) is 94.7 Å². The standard InChI is InChI=1S/C60H57N3O/c1-38(2)40-23-25-43(26-24-40)44-27-28-61-54(35-44)48-32-46(42-19-14-11-15-20-42)31-47(33-48)51-21-16-22-55-56(51)62-58(52-36-49(59(4,5)6)37-53(57(52)64)60(7,8)9)63(55)50-30-39(3)29-45(34-50)41-17-12-10-13-18-41/h10-38,64H,1-9H3/i38D. The van der Waals surface area contributed by atoms with Crippen molar-refractivity contribution in [1.82, 2.24) is 14.5 Å². The molecule has 0 atom stereocenters. The Morgan fingerprint density at radius 3 is 1.81 bits per heavy atom. The first kappa shape index (κ1) is 41.0. The van der Waals surface area contributed by atoms with Crippen LogP contribution in [0.5, 0.6) is 5.75 Å². The molecule has 318 valence electrons. The van der Waals surface area contributed by atoms with Gasteiger partial charge in [0.2, 0.25) is 0 Å². The third-order valence-electron chi connectivity index (χ3n) is 12.3. The van der Waals surface area contributed by atoms with Gasteiger partial charge in [-0.1, -0.05) is 165 Å². The summed E-state index contributed by atoms with van der Waals surface area (Å²) in [6.07, 6.45) is 1.88.